The zero-order valence-corrected chi connectivity index (χ0v) is 10.4. The molecule has 1 N–H and O–H groups in total. The van der Waals surface area contributed by atoms with Gasteiger partial charge in [0.25, 0.3) is 0 Å². The number of anilines is 1. The summed E-state index contributed by atoms with van der Waals surface area (Å²) in [7, 11) is 0. The fourth-order valence-electron chi connectivity index (χ4n) is 2.16. The minimum Gasteiger partial charge on any atom is -0.481 e. The van der Waals surface area contributed by atoms with Crippen LogP contribution in [0.15, 0.2) is 24.3 Å². The van der Waals surface area contributed by atoms with Crippen LogP contribution in [-0.4, -0.2) is 23.5 Å². The Balaban J connectivity index is 2.16. The lowest BCUT2D eigenvalue weighted by Crippen LogP contribution is -2.35. The van der Waals surface area contributed by atoms with Gasteiger partial charge in [0.1, 0.15) is 0 Å². The molecule has 1 heterocycles. The van der Waals surface area contributed by atoms with Crippen molar-refractivity contribution in [1.82, 2.24) is 0 Å². The van der Waals surface area contributed by atoms with Gasteiger partial charge in [0.05, 0.1) is 5.92 Å². The number of aliphatic carboxylic acids is 1. The van der Waals surface area contributed by atoms with Gasteiger partial charge in [-0.2, -0.15) is 0 Å². The Morgan fingerprint density at radius 1 is 1.28 bits per heavy atom. The Kier molecular flexibility index (Phi) is 3.65. The monoisotopic (exact) mass is 247 g/mol. The lowest BCUT2D eigenvalue weighted by atomic mass is 10.0. The molecule has 2 rings (SSSR count). The molecule has 1 saturated heterocycles. The highest BCUT2D eigenvalue weighted by Gasteiger charge is 2.20. The summed E-state index contributed by atoms with van der Waals surface area (Å²) < 4.78 is 0. The van der Waals surface area contributed by atoms with Crippen LogP contribution in [0.5, 0.6) is 0 Å². The molecule has 0 saturated carbocycles. The largest absolute Gasteiger partial charge is 0.481 e. The van der Waals surface area contributed by atoms with Crippen molar-refractivity contribution in [1.29, 1.82) is 0 Å². The first-order valence-corrected chi connectivity index (χ1v) is 6.22. The first-order chi connectivity index (χ1) is 8.59. The number of rotatable bonds is 3. The number of benzene rings is 1. The van der Waals surface area contributed by atoms with Crippen LogP contribution in [0.25, 0.3) is 0 Å². The van der Waals surface area contributed by atoms with Crippen LogP contribution in [0.4, 0.5) is 5.69 Å². The van der Waals surface area contributed by atoms with Crippen LogP contribution in [0.2, 0.25) is 0 Å². The second-order valence-corrected chi connectivity index (χ2v) is 4.65. The van der Waals surface area contributed by atoms with E-state index in [0.29, 0.717) is 6.42 Å². The molecule has 0 spiro atoms. The molecule has 1 aromatic rings. The van der Waals surface area contributed by atoms with Crippen molar-refractivity contribution in [2.75, 3.05) is 11.4 Å². The Bertz CT molecular complexity index is 453. The Morgan fingerprint density at radius 3 is 2.50 bits per heavy atom. The lowest BCUT2D eigenvalue weighted by Gasteiger charge is -2.27. The highest BCUT2D eigenvalue weighted by Crippen LogP contribution is 2.23. The molecule has 18 heavy (non-hydrogen) atoms. The maximum absolute atomic E-state index is 11.8. The Morgan fingerprint density at radius 2 is 1.94 bits per heavy atom. The Labute approximate surface area is 106 Å². The number of carboxylic acid groups (broad SMARTS) is 1. The van der Waals surface area contributed by atoms with Gasteiger partial charge in [-0.05, 0) is 37.5 Å². The van der Waals surface area contributed by atoms with E-state index in [1.807, 2.05) is 12.1 Å². The topological polar surface area (TPSA) is 57.6 Å². The van der Waals surface area contributed by atoms with E-state index in [1.54, 1.807) is 24.0 Å². The van der Waals surface area contributed by atoms with Gasteiger partial charge < -0.3 is 10.0 Å². The highest BCUT2D eigenvalue weighted by atomic mass is 16.4. The number of amides is 1. The number of hydrogen-bond donors (Lipinski definition) is 1. The van der Waals surface area contributed by atoms with Crippen LogP contribution in [0.3, 0.4) is 0 Å². The van der Waals surface area contributed by atoms with Gasteiger partial charge in [-0.15, -0.1) is 0 Å². The van der Waals surface area contributed by atoms with Gasteiger partial charge in [0, 0.05) is 18.7 Å². The third kappa shape index (κ3) is 2.53. The lowest BCUT2D eigenvalue weighted by molar-refractivity contribution is -0.138. The normalized spacial score (nSPS) is 17.6. The molecule has 1 aromatic carbocycles. The van der Waals surface area contributed by atoms with Crippen molar-refractivity contribution >= 4 is 17.6 Å². The summed E-state index contributed by atoms with van der Waals surface area (Å²) in [5.74, 6) is -1.20. The van der Waals surface area contributed by atoms with Crippen molar-refractivity contribution < 1.29 is 14.7 Å². The zero-order chi connectivity index (χ0) is 13.1. The third-order valence-electron chi connectivity index (χ3n) is 3.40. The highest BCUT2D eigenvalue weighted by molar-refractivity contribution is 5.94. The minimum atomic E-state index is -0.836. The predicted octanol–water partition coefficient (Wildman–Crippen LogP) is 2.39. The second kappa shape index (κ2) is 5.21. The maximum Gasteiger partial charge on any atom is 0.310 e. The van der Waals surface area contributed by atoms with Crippen LogP contribution >= 0.6 is 0 Å². The summed E-state index contributed by atoms with van der Waals surface area (Å²) >= 11 is 0. The fourth-order valence-corrected chi connectivity index (χ4v) is 2.16. The predicted molar refractivity (Wildman–Crippen MR) is 68.7 cm³/mol. The molecule has 0 radical (unpaired) electrons. The van der Waals surface area contributed by atoms with Crippen molar-refractivity contribution in [2.24, 2.45) is 0 Å². The summed E-state index contributed by atoms with van der Waals surface area (Å²) in [4.78, 5) is 24.4. The standard InChI is InChI=1S/C14H17NO3/c1-10(14(17)18)11-5-7-12(8-6-11)15-9-3-2-4-13(15)16/h5-8,10H,2-4,9H2,1H3,(H,17,18)/t10-/m0/s1. The quantitative estimate of drug-likeness (QED) is 0.892. The summed E-state index contributed by atoms with van der Waals surface area (Å²) in [6, 6.07) is 7.24. The van der Waals surface area contributed by atoms with Crippen LogP contribution in [0.1, 0.15) is 37.7 Å². The van der Waals surface area contributed by atoms with Gasteiger partial charge in [-0.3, -0.25) is 9.59 Å². The average Bonchev–Trinajstić information content (AvgIpc) is 2.38. The maximum atomic E-state index is 11.8. The van der Waals surface area contributed by atoms with Crippen LogP contribution in [0, 0.1) is 0 Å². The molecule has 0 aliphatic carbocycles. The molecule has 1 aliphatic rings. The number of piperidine rings is 1. The van der Waals surface area contributed by atoms with E-state index in [2.05, 4.69) is 0 Å². The van der Waals surface area contributed by atoms with E-state index in [1.165, 1.54) is 0 Å². The van der Waals surface area contributed by atoms with Crippen molar-refractivity contribution in [3.63, 3.8) is 0 Å². The molecule has 1 atom stereocenters. The summed E-state index contributed by atoms with van der Waals surface area (Å²) in [6.45, 7) is 2.41. The van der Waals surface area contributed by atoms with E-state index in [0.717, 1.165) is 30.6 Å². The average molecular weight is 247 g/mol. The van der Waals surface area contributed by atoms with Gasteiger partial charge in [-0.1, -0.05) is 12.1 Å². The van der Waals surface area contributed by atoms with E-state index in [9.17, 15) is 9.59 Å². The number of nitrogens with zero attached hydrogens (tertiary/aromatic N) is 1. The smallest absolute Gasteiger partial charge is 0.310 e. The minimum absolute atomic E-state index is 0.153. The van der Waals surface area contributed by atoms with Gasteiger partial charge in [0.2, 0.25) is 5.91 Å². The zero-order valence-electron chi connectivity index (χ0n) is 10.4. The molecular weight excluding hydrogens is 230 g/mol. The number of carbonyl (C=O) groups excluding carboxylic acids is 1. The molecular formula is C14H17NO3. The van der Waals surface area contributed by atoms with E-state index < -0.39 is 11.9 Å². The number of carboxylic acids is 1. The van der Waals surface area contributed by atoms with Gasteiger partial charge in [-0.25, -0.2) is 0 Å². The first kappa shape index (κ1) is 12.6. The summed E-state index contributed by atoms with van der Waals surface area (Å²) in [6.07, 6.45) is 2.59. The van der Waals surface area contributed by atoms with Crippen LogP contribution in [-0.2, 0) is 9.59 Å². The van der Waals surface area contributed by atoms with Crippen LogP contribution < -0.4 is 4.90 Å². The van der Waals surface area contributed by atoms with Gasteiger partial charge in [0.15, 0.2) is 0 Å². The third-order valence-corrected chi connectivity index (χ3v) is 3.40. The molecule has 4 nitrogen and oxygen atoms in total. The molecule has 1 fully saturated rings. The van der Waals surface area contributed by atoms with E-state index >= 15 is 0 Å². The molecule has 0 bridgehead atoms. The number of carbonyl (C=O) groups is 2. The van der Waals surface area contributed by atoms with E-state index in [-0.39, 0.29) is 5.91 Å². The summed E-state index contributed by atoms with van der Waals surface area (Å²) in [5, 5.41) is 8.93. The SMILES string of the molecule is C[C@H](C(=O)O)c1ccc(N2CCCCC2=O)cc1. The van der Waals surface area contributed by atoms with Gasteiger partial charge >= 0.3 is 5.97 Å². The van der Waals surface area contributed by atoms with Crippen molar-refractivity contribution in [3.8, 4) is 0 Å². The number of hydrogen-bond acceptors (Lipinski definition) is 2. The fraction of sp³-hybridized carbons (Fsp3) is 0.429. The summed E-state index contributed by atoms with van der Waals surface area (Å²) in [5.41, 5.74) is 1.62. The van der Waals surface area contributed by atoms with Crippen molar-refractivity contribution in [3.05, 3.63) is 29.8 Å². The molecule has 1 aliphatic heterocycles. The van der Waals surface area contributed by atoms with Crippen molar-refractivity contribution in [2.45, 2.75) is 32.1 Å². The molecule has 0 aromatic heterocycles. The molecule has 4 heteroatoms. The molecule has 96 valence electrons. The first-order valence-electron chi connectivity index (χ1n) is 6.22. The van der Waals surface area contributed by atoms with E-state index in [4.69, 9.17) is 5.11 Å². The Hall–Kier alpha value is -1.84. The molecule has 0 unspecified atom stereocenters. The second-order valence-electron chi connectivity index (χ2n) is 4.65. The molecule has 1 amide bonds.